The summed E-state index contributed by atoms with van der Waals surface area (Å²) in [6, 6.07) is 3.81. The van der Waals surface area contributed by atoms with Gasteiger partial charge in [0.25, 0.3) is 0 Å². The highest BCUT2D eigenvalue weighted by Gasteiger charge is 2.39. The number of nitrogens with one attached hydrogen (secondary N) is 1. The van der Waals surface area contributed by atoms with Crippen molar-refractivity contribution in [2.45, 2.75) is 19.3 Å². The van der Waals surface area contributed by atoms with E-state index in [1.165, 1.54) is 25.8 Å². The van der Waals surface area contributed by atoms with Crippen LogP contribution >= 0.6 is 11.6 Å². The van der Waals surface area contributed by atoms with Gasteiger partial charge in [0, 0.05) is 31.2 Å². The van der Waals surface area contributed by atoms with E-state index in [9.17, 15) is 0 Å². The molecule has 2 aliphatic rings. The zero-order valence-corrected chi connectivity index (χ0v) is 10.7. The Labute approximate surface area is 107 Å². The molecule has 1 spiro atoms. The number of pyridine rings is 1. The smallest absolute Gasteiger partial charge is 0.147 e. The summed E-state index contributed by atoms with van der Waals surface area (Å²) in [5.41, 5.74) is 0.457. The minimum Gasteiger partial charge on any atom is -0.355 e. The summed E-state index contributed by atoms with van der Waals surface area (Å²) in [7, 11) is 0. The summed E-state index contributed by atoms with van der Waals surface area (Å²) in [5.74, 6) is 0.955. The number of aromatic nitrogens is 1. The lowest BCUT2D eigenvalue weighted by Gasteiger charge is -2.34. The first-order valence-corrected chi connectivity index (χ1v) is 6.73. The minimum absolute atomic E-state index is 0.457. The minimum atomic E-state index is 0.457. The van der Waals surface area contributed by atoms with Crippen molar-refractivity contribution < 1.29 is 0 Å². The van der Waals surface area contributed by atoms with Crippen LogP contribution in [0, 0.1) is 5.41 Å². The first-order valence-electron chi connectivity index (χ1n) is 6.35. The van der Waals surface area contributed by atoms with E-state index in [0.717, 1.165) is 30.5 Å². The number of nitrogens with zero attached hydrogens (tertiary/aromatic N) is 2. The number of rotatable bonds is 1. The number of anilines is 1. The van der Waals surface area contributed by atoms with Crippen molar-refractivity contribution in [1.82, 2.24) is 10.3 Å². The highest BCUT2D eigenvalue weighted by molar-refractivity contribution is 6.32. The molecule has 0 aliphatic carbocycles. The molecular formula is C13H18ClN3. The fourth-order valence-electron chi connectivity index (χ4n) is 3.10. The maximum atomic E-state index is 6.21. The Bertz CT molecular complexity index is 401. The first-order chi connectivity index (χ1) is 8.29. The number of piperidine rings is 1. The lowest BCUT2D eigenvalue weighted by molar-refractivity contribution is 0.239. The summed E-state index contributed by atoms with van der Waals surface area (Å²) in [6.07, 6.45) is 5.71. The highest BCUT2D eigenvalue weighted by atomic mass is 35.5. The molecule has 1 atom stereocenters. The average Bonchev–Trinajstić information content (AvgIpc) is 2.74. The van der Waals surface area contributed by atoms with Gasteiger partial charge in [-0.05, 0) is 37.9 Å². The molecule has 1 N–H and O–H groups in total. The molecule has 2 aliphatic heterocycles. The Morgan fingerprint density at radius 1 is 1.41 bits per heavy atom. The fraction of sp³-hybridized carbons (Fsp3) is 0.615. The summed E-state index contributed by atoms with van der Waals surface area (Å²) in [6.45, 7) is 4.50. The number of halogens is 1. The fourth-order valence-corrected chi connectivity index (χ4v) is 3.35. The largest absolute Gasteiger partial charge is 0.355 e. The molecule has 4 heteroatoms. The lowest BCUT2D eigenvalue weighted by atomic mass is 9.80. The van der Waals surface area contributed by atoms with Gasteiger partial charge >= 0.3 is 0 Å². The van der Waals surface area contributed by atoms with Crippen LogP contribution in [0.1, 0.15) is 19.3 Å². The molecule has 3 rings (SSSR count). The third kappa shape index (κ3) is 2.14. The third-order valence-electron chi connectivity index (χ3n) is 4.04. The molecule has 1 unspecified atom stereocenters. The molecule has 0 amide bonds. The van der Waals surface area contributed by atoms with Gasteiger partial charge in [0.1, 0.15) is 5.82 Å². The van der Waals surface area contributed by atoms with Gasteiger partial charge in [0.2, 0.25) is 0 Å². The van der Waals surface area contributed by atoms with E-state index < -0.39 is 0 Å². The van der Waals surface area contributed by atoms with E-state index in [4.69, 9.17) is 11.6 Å². The van der Waals surface area contributed by atoms with Gasteiger partial charge in [-0.3, -0.25) is 0 Å². The molecule has 0 bridgehead atoms. The van der Waals surface area contributed by atoms with Crippen LogP contribution in [0.25, 0.3) is 0 Å². The van der Waals surface area contributed by atoms with E-state index in [-0.39, 0.29) is 0 Å². The topological polar surface area (TPSA) is 28.2 Å². The molecule has 2 saturated heterocycles. The Balaban J connectivity index is 1.77. The van der Waals surface area contributed by atoms with Crippen molar-refractivity contribution in [3.63, 3.8) is 0 Å². The second-order valence-electron chi connectivity index (χ2n) is 5.26. The van der Waals surface area contributed by atoms with Crippen LogP contribution in [0.3, 0.4) is 0 Å². The quantitative estimate of drug-likeness (QED) is 0.830. The normalized spacial score (nSPS) is 28.9. The van der Waals surface area contributed by atoms with E-state index in [1.54, 1.807) is 0 Å². The van der Waals surface area contributed by atoms with Crippen molar-refractivity contribution >= 4 is 17.4 Å². The Morgan fingerprint density at radius 3 is 3.12 bits per heavy atom. The zero-order chi connectivity index (χ0) is 11.7. The van der Waals surface area contributed by atoms with Crippen molar-refractivity contribution in [1.29, 1.82) is 0 Å². The van der Waals surface area contributed by atoms with Crippen molar-refractivity contribution in [2.24, 2.45) is 5.41 Å². The predicted molar refractivity (Wildman–Crippen MR) is 70.6 cm³/mol. The lowest BCUT2D eigenvalue weighted by Crippen LogP contribution is -2.42. The molecule has 1 aromatic rings. The van der Waals surface area contributed by atoms with Gasteiger partial charge in [0.05, 0.1) is 5.02 Å². The summed E-state index contributed by atoms with van der Waals surface area (Å²) < 4.78 is 0. The molecule has 3 nitrogen and oxygen atoms in total. The van der Waals surface area contributed by atoms with E-state index in [2.05, 4.69) is 15.2 Å². The van der Waals surface area contributed by atoms with Crippen LogP contribution in [-0.4, -0.2) is 31.2 Å². The monoisotopic (exact) mass is 251 g/mol. The van der Waals surface area contributed by atoms with Gasteiger partial charge in [-0.15, -0.1) is 0 Å². The summed E-state index contributed by atoms with van der Waals surface area (Å²) in [5, 5.41) is 4.30. The molecule has 3 heterocycles. The zero-order valence-electron chi connectivity index (χ0n) is 9.95. The van der Waals surface area contributed by atoms with Crippen LogP contribution in [0.15, 0.2) is 18.3 Å². The summed E-state index contributed by atoms with van der Waals surface area (Å²) >= 11 is 6.21. The Hall–Kier alpha value is -0.800. The molecule has 2 fully saturated rings. The Kier molecular flexibility index (Phi) is 2.97. The van der Waals surface area contributed by atoms with Crippen LogP contribution in [0.4, 0.5) is 5.82 Å². The van der Waals surface area contributed by atoms with Gasteiger partial charge in [-0.2, -0.15) is 0 Å². The molecule has 92 valence electrons. The van der Waals surface area contributed by atoms with Crippen LogP contribution in [0.2, 0.25) is 5.02 Å². The summed E-state index contributed by atoms with van der Waals surface area (Å²) in [4.78, 5) is 6.75. The van der Waals surface area contributed by atoms with Crippen LogP contribution in [-0.2, 0) is 0 Å². The maximum Gasteiger partial charge on any atom is 0.147 e. The Morgan fingerprint density at radius 2 is 2.35 bits per heavy atom. The highest BCUT2D eigenvalue weighted by Crippen LogP contribution is 2.39. The van der Waals surface area contributed by atoms with Crippen molar-refractivity contribution in [3.05, 3.63) is 23.4 Å². The number of hydrogen-bond acceptors (Lipinski definition) is 3. The molecular weight excluding hydrogens is 234 g/mol. The molecule has 0 radical (unpaired) electrons. The van der Waals surface area contributed by atoms with Gasteiger partial charge < -0.3 is 10.2 Å². The molecule has 0 saturated carbocycles. The average molecular weight is 252 g/mol. The van der Waals surface area contributed by atoms with Gasteiger partial charge in [0.15, 0.2) is 0 Å². The van der Waals surface area contributed by atoms with Crippen LogP contribution in [0.5, 0.6) is 0 Å². The molecule has 17 heavy (non-hydrogen) atoms. The second-order valence-corrected chi connectivity index (χ2v) is 5.67. The van der Waals surface area contributed by atoms with Crippen molar-refractivity contribution in [3.8, 4) is 0 Å². The number of hydrogen-bond donors (Lipinski definition) is 1. The van der Waals surface area contributed by atoms with E-state index in [1.807, 2.05) is 18.3 Å². The van der Waals surface area contributed by atoms with E-state index in [0.29, 0.717) is 5.41 Å². The predicted octanol–water partition coefficient (Wildman–Crippen LogP) is 2.31. The van der Waals surface area contributed by atoms with Crippen molar-refractivity contribution in [2.75, 3.05) is 31.1 Å². The van der Waals surface area contributed by atoms with Gasteiger partial charge in [-0.1, -0.05) is 11.6 Å². The second kappa shape index (κ2) is 4.46. The first kappa shape index (κ1) is 11.3. The molecule has 0 aromatic carbocycles. The maximum absolute atomic E-state index is 6.21. The van der Waals surface area contributed by atoms with Gasteiger partial charge in [-0.25, -0.2) is 4.98 Å². The third-order valence-corrected chi connectivity index (χ3v) is 4.33. The van der Waals surface area contributed by atoms with E-state index >= 15 is 0 Å². The molecule has 1 aromatic heterocycles. The standard InChI is InChI=1S/C13H18ClN3/c14-11-3-1-7-16-12(11)17-8-5-13(10-17)4-2-6-15-9-13/h1,3,7,15H,2,4-6,8-10H2. The van der Waals surface area contributed by atoms with Crippen LogP contribution < -0.4 is 10.2 Å². The SMILES string of the molecule is Clc1cccnc1N1CCC2(CCCNC2)C1.